The molecule has 1 heterocycles. The molecule has 2 rings (SSSR count). The summed E-state index contributed by atoms with van der Waals surface area (Å²) < 4.78 is 0. The summed E-state index contributed by atoms with van der Waals surface area (Å²) in [5, 5.41) is 7.83. The van der Waals surface area contributed by atoms with Crippen LogP contribution in [0.4, 0.5) is 0 Å². The van der Waals surface area contributed by atoms with Gasteiger partial charge in [-0.25, -0.2) is 0 Å². The highest BCUT2D eigenvalue weighted by Gasteiger charge is 2.34. The van der Waals surface area contributed by atoms with Crippen molar-refractivity contribution in [3.8, 4) is 0 Å². The summed E-state index contributed by atoms with van der Waals surface area (Å²) in [6.07, 6.45) is 2.47. The lowest BCUT2D eigenvalue weighted by atomic mass is 9.95. The minimum atomic E-state index is 0.0172. The number of nitrogens with zero attached hydrogens (tertiary/aromatic N) is 1. The number of nitrogens with two attached hydrogens (primary N) is 1. The highest BCUT2D eigenvalue weighted by molar-refractivity contribution is 5.84. The number of amidine groups is 1. The maximum atomic E-state index is 7.83. The van der Waals surface area contributed by atoms with E-state index in [4.69, 9.17) is 11.1 Å². The molecule has 0 aliphatic carbocycles. The first kappa shape index (κ1) is 13.1. The number of rotatable bonds is 4. The van der Waals surface area contributed by atoms with E-state index in [-0.39, 0.29) is 17.3 Å². The Hall–Kier alpha value is -1.35. The van der Waals surface area contributed by atoms with Crippen LogP contribution in [0.25, 0.3) is 0 Å². The van der Waals surface area contributed by atoms with Gasteiger partial charge in [-0.05, 0) is 38.8 Å². The first-order valence-corrected chi connectivity index (χ1v) is 6.64. The zero-order valence-corrected chi connectivity index (χ0v) is 11.3. The zero-order valence-electron chi connectivity index (χ0n) is 11.3. The largest absolute Gasteiger partial charge is 0.387 e. The lowest BCUT2D eigenvalue weighted by Gasteiger charge is -2.34. The van der Waals surface area contributed by atoms with Gasteiger partial charge in [-0.3, -0.25) is 10.3 Å². The summed E-state index contributed by atoms with van der Waals surface area (Å²) in [7, 11) is 0. The van der Waals surface area contributed by atoms with Crippen molar-refractivity contribution < 1.29 is 0 Å². The van der Waals surface area contributed by atoms with Gasteiger partial charge in [0.15, 0.2) is 0 Å². The standard InChI is InChI=1S/C15H23N3/c1-15(2)9-6-10-18(15)11-13(14(16)17)12-7-4-3-5-8-12/h3-5,7-8,13H,6,9-11H2,1-2H3,(H3,16,17). The minimum absolute atomic E-state index is 0.0172. The summed E-state index contributed by atoms with van der Waals surface area (Å²) in [5.74, 6) is 0.285. The molecule has 1 unspecified atom stereocenters. The molecule has 1 aliphatic heterocycles. The molecule has 0 bridgehead atoms. The molecule has 0 radical (unpaired) electrons. The predicted molar refractivity (Wildman–Crippen MR) is 76.0 cm³/mol. The topological polar surface area (TPSA) is 53.1 Å². The summed E-state index contributed by atoms with van der Waals surface area (Å²) in [6, 6.07) is 10.2. The third kappa shape index (κ3) is 2.72. The van der Waals surface area contributed by atoms with Gasteiger partial charge in [0.1, 0.15) is 0 Å². The normalized spacial score (nSPS) is 20.8. The molecule has 0 aromatic heterocycles. The minimum Gasteiger partial charge on any atom is -0.387 e. The van der Waals surface area contributed by atoms with Gasteiger partial charge in [0.25, 0.3) is 0 Å². The number of hydrogen-bond acceptors (Lipinski definition) is 2. The van der Waals surface area contributed by atoms with Crippen LogP contribution in [0.15, 0.2) is 30.3 Å². The van der Waals surface area contributed by atoms with Gasteiger partial charge in [0.05, 0.1) is 11.8 Å². The van der Waals surface area contributed by atoms with E-state index in [1.807, 2.05) is 18.2 Å². The van der Waals surface area contributed by atoms with Crippen LogP contribution in [0.3, 0.4) is 0 Å². The molecule has 18 heavy (non-hydrogen) atoms. The Bertz CT molecular complexity index is 411. The lowest BCUT2D eigenvalue weighted by molar-refractivity contribution is 0.173. The smallest absolute Gasteiger partial charge is 0.0995 e. The van der Waals surface area contributed by atoms with Crippen LogP contribution in [0.2, 0.25) is 0 Å². The van der Waals surface area contributed by atoms with E-state index in [9.17, 15) is 0 Å². The van der Waals surface area contributed by atoms with Gasteiger partial charge >= 0.3 is 0 Å². The molecule has 0 spiro atoms. The van der Waals surface area contributed by atoms with E-state index in [2.05, 4.69) is 30.9 Å². The van der Waals surface area contributed by atoms with Gasteiger partial charge in [0.2, 0.25) is 0 Å². The molecule has 3 nitrogen and oxygen atoms in total. The fourth-order valence-corrected chi connectivity index (χ4v) is 2.79. The molecule has 98 valence electrons. The Balaban J connectivity index is 2.15. The van der Waals surface area contributed by atoms with Gasteiger partial charge < -0.3 is 5.73 Å². The Labute approximate surface area is 109 Å². The van der Waals surface area contributed by atoms with Crippen molar-refractivity contribution in [1.29, 1.82) is 5.41 Å². The van der Waals surface area contributed by atoms with Crippen molar-refractivity contribution in [2.75, 3.05) is 13.1 Å². The summed E-state index contributed by atoms with van der Waals surface area (Å²) >= 11 is 0. The summed E-state index contributed by atoms with van der Waals surface area (Å²) in [5.41, 5.74) is 7.18. The molecular formula is C15H23N3. The number of benzene rings is 1. The molecule has 0 amide bonds. The van der Waals surface area contributed by atoms with Crippen molar-refractivity contribution >= 4 is 5.84 Å². The van der Waals surface area contributed by atoms with E-state index >= 15 is 0 Å². The van der Waals surface area contributed by atoms with E-state index in [1.165, 1.54) is 12.8 Å². The monoisotopic (exact) mass is 245 g/mol. The zero-order chi connectivity index (χ0) is 13.2. The van der Waals surface area contributed by atoms with Crippen molar-refractivity contribution in [2.45, 2.75) is 38.1 Å². The number of hydrogen-bond donors (Lipinski definition) is 2. The van der Waals surface area contributed by atoms with Crippen LogP contribution in [-0.4, -0.2) is 29.4 Å². The fraction of sp³-hybridized carbons (Fsp3) is 0.533. The molecule has 0 saturated carbocycles. The molecule has 1 aromatic carbocycles. The Morgan fingerprint density at radius 2 is 2.06 bits per heavy atom. The Morgan fingerprint density at radius 1 is 1.39 bits per heavy atom. The van der Waals surface area contributed by atoms with Crippen LogP contribution < -0.4 is 5.73 Å². The van der Waals surface area contributed by atoms with Crippen LogP contribution in [0.5, 0.6) is 0 Å². The molecule has 1 aliphatic rings. The Kier molecular flexibility index (Phi) is 3.71. The van der Waals surface area contributed by atoms with E-state index < -0.39 is 0 Å². The Morgan fingerprint density at radius 3 is 2.56 bits per heavy atom. The second-order valence-electron chi connectivity index (χ2n) is 5.78. The molecule has 3 heteroatoms. The number of likely N-dealkylation sites (tertiary alicyclic amines) is 1. The first-order valence-electron chi connectivity index (χ1n) is 6.64. The quantitative estimate of drug-likeness (QED) is 0.633. The molecule has 1 atom stereocenters. The second kappa shape index (κ2) is 5.11. The average Bonchev–Trinajstić information content (AvgIpc) is 2.66. The second-order valence-corrected chi connectivity index (χ2v) is 5.78. The van der Waals surface area contributed by atoms with Crippen molar-refractivity contribution in [3.63, 3.8) is 0 Å². The van der Waals surface area contributed by atoms with Crippen LogP contribution in [0.1, 0.15) is 38.2 Å². The van der Waals surface area contributed by atoms with E-state index in [0.717, 1.165) is 18.7 Å². The van der Waals surface area contributed by atoms with Crippen molar-refractivity contribution in [1.82, 2.24) is 4.90 Å². The number of nitrogens with one attached hydrogen (secondary N) is 1. The maximum Gasteiger partial charge on any atom is 0.0995 e. The van der Waals surface area contributed by atoms with Gasteiger partial charge in [0, 0.05) is 12.1 Å². The fourth-order valence-electron chi connectivity index (χ4n) is 2.79. The predicted octanol–water partition coefficient (Wildman–Crippen LogP) is 2.58. The molecule has 1 saturated heterocycles. The van der Waals surface area contributed by atoms with E-state index in [0.29, 0.717) is 0 Å². The molecular weight excluding hydrogens is 222 g/mol. The highest BCUT2D eigenvalue weighted by Crippen LogP contribution is 2.30. The van der Waals surface area contributed by atoms with E-state index in [1.54, 1.807) is 0 Å². The molecule has 1 aromatic rings. The lowest BCUT2D eigenvalue weighted by Crippen LogP contribution is -2.43. The average molecular weight is 245 g/mol. The van der Waals surface area contributed by atoms with Gasteiger partial charge in [-0.15, -0.1) is 0 Å². The van der Waals surface area contributed by atoms with Gasteiger partial charge in [-0.1, -0.05) is 30.3 Å². The first-order chi connectivity index (χ1) is 8.50. The summed E-state index contributed by atoms with van der Waals surface area (Å²) in [6.45, 7) is 6.53. The van der Waals surface area contributed by atoms with Crippen molar-refractivity contribution in [2.24, 2.45) is 5.73 Å². The highest BCUT2D eigenvalue weighted by atomic mass is 15.2. The molecule has 1 fully saturated rings. The third-order valence-electron chi connectivity index (χ3n) is 4.05. The SMILES string of the molecule is CC1(C)CCCN1CC(C(=N)N)c1ccccc1. The van der Waals surface area contributed by atoms with Gasteiger partial charge in [-0.2, -0.15) is 0 Å². The molecule has 3 N–H and O–H groups in total. The van der Waals surface area contributed by atoms with Crippen LogP contribution in [0, 0.1) is 5.41 Å². The van der Waals surface area contributed by atoms with Crippen molar-refractivity contribution in [3.05, 3.63) is 35.9 Å². The third-order valence-corrected chi connectivity index (χ3v) is 4.05. The summed E-state index contributed by atoms with van der Waals surface area (Å²) in [4.78, 5) is 2.46. The van der Waals surface area contributed by atoms with Crippen LogP contribution >= 0.6 is 0 Å². The van der Waals surface area contributed by atoms with Crippen LogP contribution in [-0.2, 0) is 0 Å². The maximum absolute atomic E-state index is 7.83.